The average molecular weight is 498 g/mol. The molecule has 0 aromatic heterocycles. The van der Waals surface area contributed by atoms with Gasteiger partial charge in [-0.15, -0.1) is 0 Å². The summed E-state index contributed by atoms with van der Waals surface area (Å²) >= 11 is 0. The van der Waals surface area contributed by atoms with Gasteiger partial charge in [0.15, 0.2) is 0 Å². The predicted octanol–water partition coefficient (Wildman–Crippen LogP) is 1.88. The van der Waals surface area contributed by atoms with Crippen LogP contribution >= 0.6 is 0 Å². The van der Waals surface area contributed by atoms with Gasteiger partial charge in [-0.05, 0) is 48.1 Å². The molecule has 10 heteroatoms. The zero-order valence-corrected chi connectivity index (χ0v) is 20.2. The molecule has 0 spiro atoms. The standard InChI is InChI=1S/C24H33F2N3O4S/c1-3-16-5-4-6-17(9-16)14-28-15-23(30)22(12-18-10-19(25)13-20(26)11-18)21(24(27)31)7-8-29-34(2,32)33/h4-6,9-11,13,21-23,28-30H,3,7-8,12,14-15H2,1-2H3,(H2,27,31)/t21?,22-,23-/m0/s1. The van der Waals surface area contributed by atoms with E-state index >= 15 is 0 Å². The SMILES string of the molecule is CCc1cccc(CNC[C@H](O)[C@@H](Cc2cc(F)cc(F)c2)C(CCNS(C)(=O)=O)C(N)=O)c1. The molecule has 0 saturated carbocycles. The Labute approximate surface area is 199 Å². The second-order valence-corrected chi connectivity index (χ2v) is 10.3. The first-order valence-corrected chi connectivity index (χ1v) is 13.0. The predicted molar refractivity (Wildman–Crippen MR) is 127 cm³/mol. The third-order valence-electron chi connectivity index (χ3n) is 5.67. The number of rotatable bonds is 14. The lowest BCUT2D eigenvalue weighted by molar-refractivity contribution is -0.125. The molecule has 34 heavy (non-hydrogen) atoms. The van der Waals surface area contributed by atoms with Crippen LogP contribution in [0.3, 0.4) is 0 Å². The highest BCUT2D eigenvalue weighted by Crippen LogP contribution is 2.25. The van der Waals surface area contributed by atoms with Crippen LogP contribution < -0.4 is 15.8 Å². The van der Waals surface area contributed by atoms with Crippen molar-refractivity contribution in [3.63, 3.8) is 0 Å². The second kappa shape index (κ2) is 12.9. The Bertz CT molecular complexity index is 1050. The zero-order valence-electron chi connectivity index (χ0n) is 19.4. The highest BCUT2D eigenvalue weighted by atomic mass is 32.2. The molecule has 0 aliphatic heterocycles. The van der Waals surface area contributed by atoms with Crippen LogP contribution in [0.5, 0.6) is 0 Å². The van der Waals surface area contributed by atoms with Crippen molar-refractivity contribution in [1.29, 1.82) is 0 Å². The molecule has 0 bridgehead atoms. The summed E-state index contributed by atoms with van der Waals surface area (Å²) in [6, 6.07) is 11.0. The summed E-state index contributed by atoms with van der Waals surface area (Å²) in [6.45, 7) is 2.56. The molecule has 0 heterocycles. The molecule has 5 N–H and O–H groups in total. The van der Waals surface area contributed by atoms with E-state index in [1.54, 1.807) is 0 Å². The Balaban J connectivity index is 2.17. The summed E-state index contributed by atoms with van der Waals surface area (Å²) in [6.07, 6.45) is 0.808. The molecule has 2 aromatic carbocycles. The van der Waals surface area contributed by atoms with Gasteiger partial charge in [-0.1, -0.05) is 31.2 Å². The largest absolute Gasteiger partial charge is 0.391 e. The monoisotopic (exact) mass is 497 g/mol. The van der Waals surface area contributed by atoms with Gasteiger partial charge in [-0.25, -0.2) is 21.9 Å². The van der Waals surface area contributed by atoms with Gasteiger partial charge in [0.25, 0.3) is 0 Å². The van der Waals surface area contributed by atoms with E-state index in [9.17, 15) is 27.1 Å². The Morgan fingerprint density at radius 1 is 1.09 bits per heavy atom. The van der Waals surface area contributed by atoms with Gasteiger partial charge in [0.2, 0.25) is 15.9 Å². The molecule has 1 unspecified atom stereocenters. The van der Waals surface area contributed by atoms with Gasteiger partial charge in [0.05, 0.1) is 12.4 Å². The zero-order chi connectivity index (χ0) is 25.3. The Hall–Kier alpha value is -2.40. The second-order valence-electron chi connectivity index (χ2n) is 8.48. The maximum atomic E-state index is 13.7. The van der Waals surface area contributed by atoms with Crippen molar-refractivity contribution in [2.45, 2.75) is 38.8 Å². The summed E-state index contributed by atoms with van der Waals surface area (Å²) in [5, 5.41) is 14.1. The number of aryl methyl sites for hydroxylation is 1. The van der Waals surface area contributed by atoms with Crippen molar-refractivity contribution < 1.29 is 27.1 Å². The number of nitrogens with one attached hydrogen (secondary N) is 2. The number of carbonyl (C=O) groups excluding carboxylic acids is 1. The van der Waals surface area contributed by atoms with E-state index in [2.05, 4.69) is 23.0 Å². The summed E-state index contributed by atoms with van der Waals surface area (Å²) in [7, 11) is -3.49. The summed E-state index contributed by atoms with van der Waals surface area (Å²) in [5.41, 5.74) is 8.06. The molecule has 3 atom stereocenters. The van der Waals surface area contributed by atoms with Crippen LogP contribution in [0.4, 0.5) is 8.78 Å². The molecule has 188 valence electrons. The normalized spacial score (nSPS) is 14.5. The number of sulfonamides is 1. The quantitative estimate of drug-likeness (QED) is 0.318. The van der Waals surface area contributed by atoms with Crippen molar-refractivity contribution in [1.82, 2.24) is 10.0 Å². The molecule has 1 amide bonds. The number of benzene rings is 2. The van der Waals surface area contributed by atoms with Crippen LogP contribution in [-0.2, 0) is 34.2 Å². The third-order valence-corrected chi connectivity index (χ3v) is 6.40. The maximum absolute atomic E-state index is 13.7. The topological polar surface area (TPSA) is 122 Å². The third kappa shape index (κ3) is 9.46. The molecular weight excluding hydrogens is 464 g/mol. The van der Waals surface area contributed by atoms with Crippen LogP contribution in [-0.4, -0.2) is 44.9 Å². The highest BCUT2D eigenvalue weighted by Gasteiger charge is 2.32. The van der Waals surface area contributed by atoms with Crippen molar-refractivity contribution >= 4 is 15.9 Å². The minimum absolute atomic E-state index is 0.0185. The lowest BCUT2D eigenvalue weighted by atomic mass is 9.80. The molecule has 0 aliphatic carbocycles. The molecule has 2 aromatic rings. The number of primary amides is 1. The molecule has 0 radical (unpaired) electrons. The number of hydrogen-bond donors (Lipinski definition) is 4. The first-order chi connectivity index (χ1) is 16.0. The number of hydrogen-bond acceptors (Lipinski definition) is 5. The van der Waals surface area contributed by atoms with Gasteiger partial charge in [0, 0.05) is 37.5 Å². The van der Waals surface area contributed by atoms with Crippen LogP contribution in [0.15, 0.2) is 42.5 Å². The number of nitrogens with two attached hydrogens (primary N) is 1. The van der Waals surface area contributed by atoms with Crippen LogP contribution in [0.1, 0.15) is 30.0 Å². The van der Waals surface area contributed by atoms with Crippen LogP contribution in [0.2, 0.25) is 0 Å². The smallest absolute Gasteiger partial charge is 0.220 e. The molecule has 0 saturated heterocycles. The molecule has 0 fully saturated rings. The molecular formula is C24H33F2N3O4S. The fraction of sp³-hybridized carbons (Fsp3) is 0.458. The van der Waals surface area contributed by atoms with Crippen LogP contribution in [0.25, 0.3) is 0 Å². The van der Waals surface area contributed by atoms with Gasteiger partial charge < -0.3 is 16.2 Å². The number of aliphatic hydroxyl groups is 1. The molecule has 2 rings (SSSR count). The van der Waals surface area contributed by atoms with Crippen molar-refractivity contribution in [3.8, 4) is 0 Å². The van der Waals surface area contributed by atoms with E-state index in [4.69, 9.17) is 5.73 Å². The van der Waals surface area contributed by atoms with Crippen molar-refractivity contribution in [2.75, 3.05) is 19.3 Å². The summed E-state index contributed by atoms with van der Waals surface area (Å²) in [5.74, 6) is -4.00. The number of halogens is 2. The first-order valence-electron chi connectivity index (χ1n) is 11.1. The Kier molecular flexibility index (Phi) is 10.6. The fourth-order valence-electron chi connectivity index (χ4n) is 3.99. The number of aliphatic hydroxyl groups excluding tert-OH is 1. The van der Waals surface area contributed by atoms with E-state index in [0.717, 1.165) is 36.4 Å². The first kappa shape index (κ1) is 27.8. The fourth-order valence-corrected chi connectivity index (χ4v) is 4.48. The molecule has 0 aliphatic rings. The van der Waals surface area contributed by atoms with E-state index in [1.165, 1.54) is 5.56 Å². The minimum Gasteiger partial charge on any atom is -0.391 e. The highest BCUT2D eigenvalue weighted by molar-refractivity contribution is 7.88. The maximum Gasteiger partial charge on any atom is 0.220 e. The van der Waals surface area contributed by atoms with Crippen LogP contribution in [0, 0.1) is 23.5 Å². The van der Waals surface area contributed by atoms with Gasteiger partial charge in [-0.2, -0.15) is 0 Å². The summed E-state index contributed by atoms with van der Waals surface area (Å²) < 4.78 is 52.6. The average Bonchev–Trinajstić information content (AvgIpc) is 2.74. The van der Waals surface area contributed by atoms with Gasteiger partial charge >= 0.3 is 0 Å². The van der Waals surface area contributed by atoms with E-state index in [1.807, 2.05) is 18.2 Å². The van der Waals surface area contributed by atoms with Crippen molar-refractivity contribution in [3.05, 3.63) is 70.8 Å². The Morgan fingerprint density at radius 3 is 2.32 bits per heavy atom. The Morgan fingerprint density at radius 2 is 1.74 bits per heavy atom. The summed E-state index contributed by atoms with van der Waals surface area (Å²) in [4.78, 5) is 12.3. The number of amides is 1. The lowest BCUT2D eigenvalue weighted by Gasteiger charge is -2.30. The lowest BCUT2D eigenvalue weighted by Crippen LogP contribution is -2.43. The van der Waals surface area contributed by atoms with E-state index < -0.39 is 45.5 Å². The van der Waals surface area contributed by atoms with Gasteiger partial charge in [-0.3, -0.25) is 4.79 Å². The van der Waals surface area contributed by atoms with Crippen molar-refractivity contribution in [2.24, 2.45) is 17.6 Å². The van der Waals surface area contributed by atoms with E-state index in [-0.39, 0.29) is 31.5 Å². The van der Waals surface area contributed by atoms with Gasteiger partial charge in [0.1, 0.15) is 11.6 Å². The molecule has 7 nitrogen and oxygen atoms in total. The minimum atomic E-state index is -3.49. The van der Waals surface area contributed by atoms with E-state index in [0.29, 0.717) is 6.54 Å². The number of carbonyl (C=O) groups is 1.